The summed E-state index contributed by atoms with van der Waals surface area (Å²) < 4.78 is 41.9. The fourth-order valence-corrected chi connectivity index (χ4v) is 3.96. The van der Waals surface area contributed by atoms with E-state index in [4.69, 9.17) is 0 Å². The molecule has 1 aromatic carbocycles. The zero-order valence-electron chi connectivity index (χ0n) is 15.1. The van der Waals surface area contributed by atoms with Crippen LogP contribution in [0.1, 0.15) is 38.2 Å². The average molecular weight is 385 g/mol. The Bertz CT molecular complexity index is 749. The van der Waals surface area contributed by atoms with Crippen molar-refractivity contribution in [3.05, 3.63) is 29.8 Å². The van der Waals surface area contributed by atoms with Crippen molar-refractivity contribution in [3.8, 4) is 5.75 Å². The monoisotopic (exact) mass is 385 g/mol. The number of amides is 1. The SMILES string of the molecule is CC(C)C1(C(=O)O)CCN(C(=O)C2CC2c2ccccc2OC(F)(F)F)C1. The third kappa shape index (κ3) is 3.75. The van der Waals surface area contributed by atoms with Crippen molar-refractivity contribution in [2.45, 2.75) is 39.0 Å². The molecule has 1 saturated heterocycles. The van der Waals surface area contributed by atoms with Crippen molar-refractivity contribution in [1.29, 1.82) is 0 Å². The summed E-state index contributed by atoms with van der Waals surface area (Å²) in [5.41, 5.74) is -0.599. The Morgan fingerprint density at radius 3 is 2.52 bits per heavy atom. The van der Waals surface area contributed by atoms with E-state index in [0.29, 0.717) is 24.9 Å². The molecule has 1 amide bonds. The van der Waals surface area contributed by atoms with Crippen LogP contribution >= 0.6 is 0 Å². The van der Waals surface area contributed by atoms with Crippen molar-refractivity contribution in [2.24, 2.45) is 17.3 Å². The van der Waals surface area contributed by atoms with E-state index in [-0.39, 0.29) is 30.0 Å². The largest absolute Gasteiger partial charge is 0.573 e. The molecule has 0 spiro atoms. The van der Waals surface area contributed by atoms with E-state index in [1.165, 1.54) is 12.1 Å². The van der Waals surface area contributed by atoms with Crippen LogP contribution in [0.25, 0.3) is 0 Å². The van der Waals surface area contributed by atoms with Gasteiger partial charge in [-0.2, -0.15) is 0 Å². The summed E-state index contributed by atoms with van der Waals surface area (Å²) >= 11 is 0. The summed E-state index contributed by atoms with van der Waals surface area (Å²) in [6.07, 6.45) is -3.97. The highest BCUT2D eigenvalue weighted by Gasteiger charge is 2.53. The molecule has 3 unspecified atom stereocenters. The molecular formula is C19H22F3NO4. The fraction of sp³-hybridized carbons (Fsp3) is 0.579. The number of halogens is 3. The van der Waals surface area contributed by atoms with E-state index in [1.54, 1.807) is 17.0 Å². The number of rotatable bonds is 5. The number of likely N-dealkylation sites (tertiary alicyclic amines) is 1. The van der Waals surface area contributed by atoms with E-state index in [9.17, 15) is 27.9 Å². The Morgan fingerprint density at radius 2 is 1.96 bits per heavy atom. The van der Waals surface area contributed by atoms with E-state index in [2.05, 4.69) is 4.74 Å². The number of ether oxygens (including phenoxy) is 1. The number of hydrogen-bond acceptors (Lipinski definition) is 3. The smallest absolute Gasteiger partial charge is 0.481 e. The van der Waals surface area contributed by atoms with Gasteiger partial charge in [0.05, 0.1) is 5.41 Å². The third-order valence-electron chi connectivity index (χ3n) is 5.80. The molecule has 1 heterocycles. The minimum absolute atomic E-state index is 0.122. The summed E-state index contributed by atoms with van der Waals surface area (Å²) in [5, 5.41) is 9.60. The summed E-state index contributed by atoms with van der Waals surface area (Å²) in [6.45, 7) is 4.15. The minimum atomic E-state index is -4.79. The normalized spacial score (nSPS) is 27.7. The highest BCUT2D eigenvalue weighted by atomic mass is 19.4. The van der Waals surface area contributed by atoms with Crippen molar-refractivity contribution in [2.75, 3.05) is 13.1 Å². The summed E-state index contributed by atoms with van der Waals surface area (Å²) in [7, 11) is 0. The number of benzene rings is 1. The molecule has 2 aliphatic rings. The number of aliphatic carboxylic acids is 1. The van der Waals surface area contributed by atoms with Crippen LogP contribution < -0.4 is 4.74 Å². The highest BCUT2D eigenvalue weighted by molar-refractivity contribution is 5.85. The van der Waals surface area contributed by atoms with Gasteiger partial charge in [-0.05, 0) is 36.3 Å². The fourth-order valence-electron chi connectivity index (χ4n) is 3.96. The molecule has 1 N–H and O–H groups in total. The standard InChI is InChI=1S/C19H22F3NO4/c1-11(2)18(17(25)26)7-8-23(10-18)16(24)14-9-13(14)12-5-3-4-6-15(12)27-19(20,21)22/h3-6,11,13-14H,7-10H2,1-2H3,(H,25,26). The highest BCUT2D eigenvalue weighted by Crippen LogP contribution is 2.52. The van der Waals surface area contributed by atoms with Crippen LogP contribution in [0, 0.1) is 17.3 Å². The molecule has 1 aromatic rings. The molecule has 0 radical (unpaired) electrons. The van der Waals surface area contributed by atoms with Crippen LogP contribution in [0.15, 0.2) is 24.3 Å². The Hall–Kier alpha value is -2.25. The summed E-state index contributed by atoms with van der Waals surface area (Å²) in [6, 6.07) is 5.85. The molecule has 2 fully saturated rings. The van der Waals surface area contributed by atoms with Crippen molar-refractivity contribution in [1.82, 2.24) is 4.90 Å². The first-order valence-corrected chi connectivity index (χ1v) is 8.92. The van der Waals surface area contributed by atoms with E-state index < -0.39 is 23.7 Å². The predicted molar refractivity (Wildman–Crippen MR) is 90.1 cm³/mol. The predicted octanol–water partition coefficient (Wildman–Crippen LogP) is 3.65. The van der Waals surface area contributed by atoms with Crippen molar-refractivity contribution < 1.29 is 32.6 Å². The van der Waals surface area contributed by atoms with Gasteiger partial charge in [0.1, 0.15) is 5.75 Å². The molecule has 27 heavy (non-hydrogen) atoms. The number of carboxylic acid groups (broad SMARTS) is 1. The Morgan fingerprint density at radius 1 is 1.30 bits per heavy atom. The molecular weight excluding hydrogens is 363 g/mol. The van der Waals surface area contributed by atoms with Gasteiger partial charge >= 0.3 is 12.3 Å². The number of carboxylic acids is 1. The Balaban J connectivity index is 1.71. The first-order valence-electron chi connectivity index (χ1n) is 8.92. The molecule has 1 aliphatic carbocycles. The summed E-state index contributed by atoms with van der Waals surface area (Å²) in [5.74, 6) is -2.28. The number of alkyl halides is 3. The second-order valence-electron chi connectivity index (χ2n) is 7.66. The molecule has 3 rings (SSSR count). The topological polar surface area (TPSA) is 66.8 Å². The van der Waals surface area contributed by atoms with Crippen molar-refractivity contribution >= 4 is 11.9 Å². The van der Waals surface area contributed by atoms with Crippen LogP contribution in [0.2, 0.25) is 0 Å². The van der Waals surface area contributed by atoms with Gasteiger partial charge in [0.15, 0.2) is 0 Å². The lowest BCUT2D eigenvalue weighted by Crippen LogP contribution is -2.41. The number of carbonyl (C=O) groups excluding carboxylic acids is 1. The van der Waals surface area contributed by atoms with E-state index in [1.807, 2.05) is 13.8 Å². The van der Waals surface area contributed by atoms with Gasteiger partial charge in [-0.15, -0.1) is 13.2 Å². The lowest BCUT2D eigenvalue weighted by molar-refractivity contribution is -0.274. The first-order chi connectivity index (χ1) is 12.5. The maximum atomic E-state index is 12.8. The van der Waals surface area contributed by atoms with E-state index >= 15 is 0 Å². The third-order valence-corrected chi connectivity index (χ3v) is 5.80. The number of para-hydroxylation sites is 1. The lowest BCUT2D eigenvalue weighted by Gasteiger charge is -2.28. The molecule has 5 nitrogen and oxygen atoms in total. The van der Waals surface area contributed by atoms with Gasteiger partial charge in [-0.3, -0.25) is 9.59 Å². The summed E-state index contributed by atoms with van der Waals surface area (Å²) in [4.78, 5) is 26.1. The molecule has 148 valence electrons. The quantitative estimate of drug-likeness (QED) is 0.840. The number of carbonyl (C=O) groups is 2. The second kappa shape index (κ2) is 6.73. The number of hydrogen-bond donors (Lipinski definition) is 1. The molecule has 1 aliphatic heterocycles. The second-order valence-corrected chi connectivity index (χ2v) is 7.66. The van der Waals surface area contributed by atoms with E-state index in [0.717, 1.165) is 0 Å². The molecule has 0 aromatic heterocycles. The Kier molecular flexibility index (Phi) is 4.86. The zero-order valence-corrected chi connectivity index (χ0v) is 15.1. The van der Waals surface area contributed by atoms with Gasteiger partial charge in [-0.1, -0.05) is 32.0 Å². The molecule has 1 saturated carbocycles. The molecule has 3 atom stereocenters. The molecule has 0 bridgehead atoms. The van der Waals surface area contributed by atoms with Gasteiger partial charge < -0.3 is 14.7 Å². The maximum Gasteiger partial charge on any atom is 0.573 e. The first kappa shape index (κ1) is 19.5. The zero-order chi connectivity index (χ0) is 20.0. The van der Waals surface area contributed by atoms with Crippen LogP contribution in [-0.2, 0) is 9.59 Å². The van der Waals surface area contributed by atoms with Gasteiger partial charge in [-0.25, -0.2) is 0 Å². The van der Waals surface area contributed by atoms with Crippen LogP contribution in [0.3, 0.4) is 0 Å². The lowest BCUT2D eigenvalue weighted by atomic mass is 9.76. The molecule has 8 heteroatoms. The van der Waals surface area contributed by atoms with Crippen LogP contribution in [-0.4, -0.2) is 41.3 Å². The van der Waals surface area contributed by atoms with Gasteiger partial charge in [0, 0.05) is 19.0 Å². The maximum absolute atomic E-state index is 12.8. The Labute approximate surface area is 155 Å². The van der Waals surface area contributed by atoms with Crippen molar-refractivity contribution in [3.63, 3.8) is 0 Å². The van der Waals surface area contributed by atoms with Gasteiger partial charge in [0.25, 0.3) is 0 Å². The van der Waals surface area contributed by atoms with Crippen LogP contribution in [0.5, 0.6) is 5.75 Å². The number of nitrogens with zero attached hydrogens (tertiary/aromatic N) is 1. The van der Waals surface area contributed by atoms with Crippen LogP contribution in [0.4, 0.5) is 13.2 Å². The average Bonchev–Trinajstić information content (AvgIpc) is 3.21. The van der Waals surface area contributed by atoms with Gasteiger partial charge in [0.2, 0.25) is 5.91 Å². The minimum Gasteiger partial charge on any atom is -0.481 e.